The summed E-state index contributed by atoms with van der Waals surface area (Å²) in [5, 5.41) is 0.328. The van der Waals surface area contributed by atoms with Gasteiger partial charge in [0.1, 0.15) is 10.6 Å². The molecule has 0 radical (unpaired) electrons. The third-order valence-electron chi connectivity index (χ3n) is 3.77. The fourth-order valence-corrected chi connectivity index (χ4v) is 4.58. The molecule has 114 valence electrons. The molecule has 8 heteroatoms. The van der Waals surface area contributed by atoms with Crippen LogP contribution in [0.15, 0.2) is 23.1 Å². The van der Waals surface area contributed by atoms with Crippen molar-refractivity contribution >= 4 is 32.5 Å². The lowest BCUT2D eigenvalue weighted by molar-refractivity contribution is 0.0993. The molecule has 1 aliphatic heterocycles. The van der Waals surface area contributed by atoms with Crippen LogP contribution >= 0.6 is 0 Å². The molecule has 0 saturated carbocycles. The molecule has 7 nitrogen and oxygen atoms in total. The second-order valence-corrected chi connectivity index (χ2v) is 7.02. The van der Waals surface area contributed by atoms with Crippen LogP contribution in [0.3, 0.4) is 0 Å². The van der Waals surface area contributed by atoms with E-state index in [0.29, 0.717) is 29.7 Å². The van der Waals surface area contributed by atoms with Gasteiger partial charge >= 0.3 is 0 Å². The number of aromatic nitrogens is 1. The number of carbonyl (C=O) groups excluding carboxylic acids is 1. The molecule has 2 aromatic rings. The van der Waals surface area contributed by atoms with Gasteiger partial charge in [0, 0.05) is 24.0 Å². The van der Waals surface area contributed by atoms with Gasteiger partial charge in [-0.25, -0.2) is 13.3 Å². The molecule has 0 aliphatic carbocycles. The summed E-state index contributed by atoms with van der Waals surface area (Å²) in [7, 11) is -3.82. The molecule has 2 heterocycles. The normalized spacial score (nSPS) is 16.0. The highest BCUT2D eigenvalue weighted by molar-refractivity contribution is 7.89. The van der Waals surface area contributed by atoms with Crippen molar-refractivity contribution in [2.45, 2.75) is 17.7 Å². The highest BCUT2D eigenvalue weighted by Gasteiger charge is 2.33. The highest BCUT2D eigenvalue weighted by atomic mass is 32.2. The van der Waals surface area contributed by atoms with Crippen LogP contribution in [-0.4, -0.2) is 36.7 Å². The van der Waals surface area contributed by atoms with Gasteiger partial charge in [0.05, 0.1) is 6.57 Å². The van der Waals surface area contributed by atoms with Crippen LogP contribution in [0.5, 0.6) is 0 Å². The van der Waals surface area contributed by atoms with E-state index < -0.39 is 15.9 Å². The number of hydrogen-bond donors (Lipinski definition) is 2. The smallest absolute Gasteiger partial charge is 0.266 e. The van der Waals surface area contributed by atoms with Gasteiger partial charge in [-0.3, -0.25) is 4.79 Å². The van der Waals surface area contributed by atoms with Gasteiger partial charge in [-0.2, -0.15) is 4.31 Å². The first-order chi connectivity index (χ1) is 10.4. The van der Waals surface area contributed by atoms with Crippen LogP contribution in [-0.2, 0) is 10.0 Å². The van der Waals surface area contributed by atoms with Gasteiger partial charge in [-0.15, -0.1) is 0 Å². The Morgan fingerprint density at radius 2 is 2.00 bits per heavy atom. The standard InChI is InChI=1S/C14H14N4O3S/c1-16-9-4-5-11-10(8-9)13(12(17-11)14(15)19)22(20,21)18-6-2-3-7-18/h4-5,8,17H,2-3,6-7H2,(H2,15,19). The Kier molecular flexibility index (Phi) is 3.39. The van der Waals surface area contributed by atoms with Gasteiger partial charge in [0.25, 0.3) is 5.91 Å². The minimum Gasteiger partial charge on any atom is -0.364 e. The van der Waals surface area contributed by atoms with Crippen LogP contribution in [0.1, 0.15) is 23.3 Å². The maximum Gasteiger partial charge on any atom is 0.266 e. The van der Waals surface area contributed by atoms with Crippen LogP contribution in [0.25, 0.3) is 15.7 Å². The van der Waals surface area contributed by atoms with E-state index in [2.05, 4.69) is 9.83 Å². The monoisotopic (exact) mass is 318 g/mol. The van der Waals surface area contributed by atoms with E-state index in [-0.39, 0.29) is 10.6 Å². The Morgan fingerprint density at radius 3 is 2.59 bits per heavy atom. The lowest BCUT2D eigenvalue weighted by Gasteiger charge is -2.15. The average Bonchev–Trinajstić information content (AvgIpc) is 3.14. The van der Waals surface area contributed by atoms with Crippen LogP contribution in [0, 0.1) is 6.57 Å². The molecular formula is C14H14N4O3S. The molecule has 0 spiro atoms. The van der Waals surface area contributed by atoms with Crippen LogP contribution < -0.4 is 5.73 Å². The molecule has 1 amide bonds. The van der Waals surface area contributed by atoms with E-state index in [1.165, 1.54) is 10.4 Å². The Hall–Kier alpha value is -2.37. The first kappa shape index (κ1) is 14.6. The number of nitrogens with two attached hydrogens (primary N) is 1. The van der Waals surface area contributed by atoms with Gasteiger partial charge in [-0.1, -0.05) is 6.07 Å². The van der Waals surface area contributed by atoms with E-state index in [1.807, 2.05) is 0 Å². The molecule has 1 aromatic carbocycles. The zero-order valence-electron chi connectivity index (χ0n) is 11.7. The number of H-pyrrole nitrogens is 1. The van der Waals surface area contributed by atoms with E-state index in [0.717, 1.165) is 12.8 Å². The number of carbonyl (C=O) groups is 1. The van der Waals surface area contributed by atoms with E-state index in [1.54, 1.807) is 12.1 Å². The number of primary amides is 1. The summed E-state index contributed by atoms with van der Waals surface area (Å²) in [4.78, 5) is 17.6. The third kappa shape index (κ3) is 2.15. The molecule has 3 rings (SSSR count). The third-order valence-corrected chi connectivity index (χ3v) is 5.76. The fraction of sp³-hybridized carbons (Fsp3) is 0.286. The zero-order chi connectivity index (χ0) is 15.9. The zero-order valence-corrected chi connectivity index (χ0v) is 12.5. The average molecular weight is 318 g/mol. The van der Waals surface area contributed by atoms with Crippen molar-refractivity contribution in [2.24, 2.45) is 5.73 Å². The summed E-state index contributed by atoms with van der Waals surface area (Å²) in [6, 6.07) is 4.61. The number of hydrogen-bond acceptors (Lipinski definition) is 3. The van der Waals surface area contributed by atoms with Crippen molar-refractivity contribution in [1.29, 1.82) is 0 Å². The summed E-state index contributed by atoms with van der Waals surface area (Å²) >= 11 is 0. The van der Waals surface area contributed by atoms with Gasteiger partial charge < -0.3 is 10.7 Å². The van der Waals surface area contributed by atoms with E-state index >= 15 is 0 Å². The molecule has 3 N–H and O–H groups in total. The molecule has 22 heavy (non-hydrogen) atoms. The van der Waals surface area contributed by atoms with Crippen molar-refractivity contribution < 1.29 is 13.2 Å². The molecule has 0 atom stereocenters. The number of sulfonamides is 1. The van der Waals surface area contributed by atoms with Crippen LogP contribution in [0.2, 0.25) is 0 Å². The van der Waals surface area contributed by atoms with Gasteiger partial charge in [0.15, 0.2) is 5.69 Å². The summed E-state index contributed by atoms with van der Waals surface area (Å²) in [6.45, 7) is 7.92. The first-order valence-electron chi connectivity index (χ1n) is 6.78. The maximum absolute atomic E-state index is 12.9. The number of rotatable bonds is 3. The van der Waals surface area contributed by atoms with Crippen molar-refractivity contribution in [1.82, 2.24) is 9.29 Å². The largest absolute Gasteiger partial charge is 0.364 e. The van der Waals surface area contributed by atoms with Crippen molar-refractivity contribution in [3.05, 3.63) is 35.3 Å². The predicted octanol–water partition coefficient (Wildman–Crippen LogP) is 1.60. The second-order valence-electron chi connectivity index (χ2n) is 5.15. The minimum absolute atomic E-state index is 0.123. The molecule has 1 aromatic heterocycles. The number of amides is 1. The van der Waals surface area contributed by atoms with Crippen molar-refractivity contribution in [2.75, 3.05) is 13.1 Å². The highest BCUT2D eigenvalue weighted by Crippen LogP contribution is 2.33. The second kappa shape index (κ2) is 5.12. The van der Waals surface area contributed by atoms with Gasteiger partial charge in [0.2, 0.25) is 10.0 Å². The van der Waals surface area contributed by atoms with E-state index in [9.17, 15) is 13.2 Å². The summed E-state index contributed by atoms with van der Waals surface area (Å²) < 4.78 is 27.1. The van der Waals surface area contributed by atoms with E-state index in [4.69, 9.17) is 12.3 Å². The topological polar surface area (TPSA) is 101 Å². The van der Waals surface area contributed by atoms with Gasteiger partial charge in [-0.05, 0) is 25.0 Å². The molecule has 0 bridgehead atoms. The Balaban J connectivity index is 2.32. The Labute approximate surface area is 127 Å². The van der Waals surface area contributed by atoms with Crippen molar-refractivity contribution in [3.63, 3.8) is 0 Å². The first-order valence-corrected chi connectivity index (χ1v) is 8.22. The Morgan fingerprint density at radius 1 is 1.32 bits per heavy atom. The minimum atomic E-state index is -3.82. The SMILES string of the molecule is [C-]#[N+]c1ccc2[nH]c(C(N)=O)c(S(=O)(=O)N3CCCC3)c2c1. The maximum atomic E-state index is 12.9. The number of nitrogens with one attached hydrogen (secondary N) is 1. The lowest BCUT2D eigenvalue weighted by atomic mass is 10.2. The summed E-state index contributed by atoms with van der Waals surface area (Å²) in [5.74, 6) is -0.835. The summed E-state index contributed by atoms with van der Waals surface area (Å²) in [6.07, 6.45) is 1.58. The summed E-state index contributed by atoms with van der Waals surface area (Å²) in [5.41, 5.74) is 5.97. The molecular weight excluding hydrogens is 304 g/mol. The molecule has 1 saturated heterocycles. The van der Waals surface area contributed by atoms with Crippen molar-refractivity contribution in [3.8, 4) is 0 Å². The number of nitrogens with zero attached hydrogens (tertiary/aromatic N) is 2. The number of benzene rings is 1. The lowest BCUT2D eigenvalue weighted by Crippen LogP contribution is -2.29. The molecule has 1 aliphatic rings. The molecule has 0 unspecified atom stereocenters. The predicted molar refractivity (Wildman–Crippen MR) is 81.1 cm³/mol. The molecule has 1 fully saturated rings. The van der Waals surface area contributed by atoms with Crippen LogP contribution in [0.4, 0.5) is 5.69 Å². The Bertz CT molecular complexity index is 902. The quantitative estimate of drug-likeness (QED) is 0.841. The number of aromatic amines is 1. The number of fused-ring (bicyclic) bond motifs is 1. The fourth-order valence-electron chi connectivity index (χ4n) is 2.72.